The van der Waals surface area contributed by atoms with Crippen molar-refractivity contribution in [3.05, 3.63) is 69.7 Å². The number of aliphatic hydroxyl groups excluding tert-OH is 1. The number of aryl methyl sites for hydroxylation is 1. The first-order chi connectivity index (χ1) is 8.97. The third-order valence-corrected chi connectivity index (χ3v) is 3.35. The lowest BCUT2D eigenvalue weighted by molar-refractivity contribution is 0.178. The molecule has 4 heteroatoms. The highest BCUT2D eigenvalue weighted by atomic mass is 35.5. The predicted molar refractivity (Wildman–Crippen MR) is 71.2 cm³/mol. The molecule has 0 aliphatic rings. The largest absolute Gasteiger partial charge is 0.388 e. The number of rotatable bonds is 3. The van der Waals surface area contributed by atoms with Crippen molar-refractivity contribution >= 4 is 11.6 Å². The van der Waals surface area contributed by atoms with Crippen molar-refractivity contribution in [2.45, 2.75) is 19.4 Å². The van der Waals surface area contributed by atoms with Crippen molar-refractivity contribution in [2.24, 2.45) is 0 Å². The fourth-order valence-electron chi connectivity index (χ4n) is 1.93. The zero-order chi connectivity index (χ0) is 14.0. The van der Waals surface area contributed by atoms with Gasteiger partial charge in [0.2, 0.25) is 0 Å². The lowest BCUT2D eigenvalue weighted by atomic mass is 9.98. The van der Waals surface area contributed by atoms with Gasteiger partial charge in [0.15, 0.2) is 0 Å². The third kappa shape index (κ3) is 3.31. The molecular formula is C15H13ClF2O. The van der Waals surface area contributed by atoms with E-state index in [2.05, 4.69) is 0 Å². The first kappa shape index (κ1) is 14.0. The van der Waals surface area contributed by atoms with E-state index >= 15 is 0 Å². The first-order valence-electron chi connectivity index (χ1n) is 5.85. The Morgan fingerprint density at radius 2 is 1.89 bits per heavy atom. The Hall–Kier alpha value is -1.45. The highest BCUT2D eigenvalue weighted by molar-refractivity contribution is 6.30. The second-order valence-corrected chi connectivity index (χ2v) is 4.87. The molecule has 0 aliphatic heterocycles. The third-order valence-electron chi connectivity index (χ3n) is 3.05. The molecule has 19 heavy (non-hydrogen) atoms. The van der Waals surface area contributed by atoms with E-state index in [9.17, 15) is 13.9 Å². The summed E-state index contributed by atoms with van der Waals surface area (Å²) in [6, 6.07) is 8.58. The summed E-state index contributed by atoms with van der Waals surface area (Å²) in [6.07, 6.45) is -0.552. The smallest absolute Gasteiger partial charge is 0.142 e. The van der Waals surface area contributed by atoms with Crippen LogP contribution in [0.2, 0.25) is 5.02 Å². The molecule has 0 radical (unpaired) electrons. The van der Waals surface area contributed by atoms with Crippen LogP contribution < -0.4 is 0 Å². The normalized spacial score (nSPS) is 12.5. The van der Waals surface area contributed by atoms with E-state index in [0.717, 1.165) is 11.1 Å². The molecule has 2 aromatic carbocycles. The zero-order valence-corrected chi connectivity index (χ0v) is 11.1. The Morgan fingerprint density at radius 3 is 2.53 bits per heavy atom. The zero-order valence-electron chi connectivity index (χ0n) is 10.3. The molecule has 0 amide bonds. The van der Waals surface area contributed by atoms with Crippen LogP contribution >= 0.6 is 11.6 Å². The van der Waals surface area contributed by atoms with E-state index < -0.39 is 11.9 Å². The predicted octanol–water partition coefficient (Wildman–Crippen LogP) is 4.20. The van der Waals surface area contributed by atoms with Crippen molar-refractivity contribution in [2.75, 3.05) is 0 Å². The van der Waals surface area contributed by atoms with Crippen LogP contribution in [0, 0.1) is 18.6 Å². The van der Waals surface area contributed by atoms with E-state index in [-0.39, 0.29) is 10.8 Å². The molecule has 1 nitrogen and oxygen atoms in total. The SMILES string of the molecule is Cc1cc(F)ccc1CC(O)c1ccc(Cl)c(F)c1. The maximum absolute atomic E-state index is 13.3. The van der Waals surface area contributed by atoms with E-state index in [1.54, 1.807) is 19.1 Å². The molecule has 0 heterocycles. The second kappa shape index (κ2) is 5.68. The average molecular weight is 283 g/mol. The molecule has 0 fully saturated rings. The van der Waals surface area contributed by atoms with Crippen molar-refractivity contribution in [3.8, 4) is 0 Å². The number of hydrogen-bond acceptors (Lipinski definition) is 1. The van der Waals surface area contributed by atoms with E-state index in [1.165, 1.54) is 24.3 Å². The molecule has 0 saturated carbocycles. The standard InChI is InChI=1S/C15H13ClF2O/c1-9-6-12(17)4-2-10(9)8-15(19)11-3-5-13(16)14(18)7-11/h2-7,15,19H,8H2,1H3. The highest BCUT2D eigenvalue weighted by Crippen LogP contribution is 2.24. The minimum atomic E-state index is -0.851. The van der Waals surface area contributed by atoms with Crippen LogP contribution in [0.25, 0.3) is 0 Å². The summed E-state index contributed by atoms with van der Waals surface area (Å²) < 4.78 is 26.3. The van der Waals surface area contributed by atoms with Crippen LogP contribution in [-0.2, 0) is 6.42 Å². The molecule has 1 N–H and O–H groups in total. The van der Waals surface area contributed by atoms with Crippen LogP contribution in [0.1, 0.15) is 22.8 Å². The van der Waals surface area contributed by atoms with Gasteiger partial charge in [-0.25, -0.2) is 8.78 Å². The number of halogens is 3. The van der Waals surface area contributed by atoms with E-state index in [1.807, 2.05) is 0 Å². The Bertz CT molecular complexity index is 599. The Balaban J connectivity index is 2.20. The average Bonchev–Trinajstić information content (AvgIpc) is 2.36. The molecule has 2 rings (SSSR count). The van der Waals surface area contributed by atoms with Gasteiger partial charge in [-0.1, -0.05) is 23.7 Å². The number of benzene rings is 2. The Morgan fingerprint density at radius 1 is 1.16 bits per heavy atom. The van der Waals surface area contributed by atoms with Crippen LogP contribution in [0.3, 0.4) is 0 Å². The van der Waals surface area contributed by atoms with Gasteiger partial charge in [-0.15, -0.1) is 0 Å². The van der Waals surface area contributed by atoms with Gasteiger partial charge in [0.25, 0.3) is 0 Å². The maximum atomic E-state index is 13.3. The van der Waals surface area contributed by atoms with Crippen LogP contribution in [-0.4, -0.2) is 5.11 Å². The maximum Gasteiger partial charge on any atom is 0.142 e. The van der Waals surface area contributed by atoms with Gasteiger partial charge in [-0.2, -0.15) is 0 Å². The lowest BCUT2D eigenvalue weighted by Crippen LogP contribution is -2.04. The minimum absolute atomic E-state index is 0.0221. The molecule has 0 bridgehead atoms. The Kier molecular flexibility index (Phi) is 4.17. The minimum Gasteiger partial charge on any atom is -0.388 e. The summed E-state index contributed by atoms with van der Waals surface area (Å²) in [5.74, 6) is -0.873. The molecular weight excluding hydrogens is 270 g/mol. The quantitative estimate of drug-likeness (QED) is 0.894. The van der Waals surface area contributed by atoms with Gasteiger partial charge >= 0.3 is 0 Å². The van der Waals surface area contributed by atoms with Gasteiger partial charge in [0.05, 0.1) is 11.1 Å². The topological polar surface area (TPSA) is 20.2 Å². The van der Waals surface area contributed by atoms with Gasteiger partial charge in [-0.05, 0) is 47.9 Å². The second-order valence-electron chi connectivity index (χ2n) is 4.46. The highest BCUT2D eigenvalue weighted by Gasteiger charge is 2.12. The van der Waals surface area contributed by atoms with Crippen LogP contribution in [0.5, 0.6) is 0 Å². The fourth-order valence-corrected chi connectivity index (χ4v) is 2.05. The van der Waals surface area contributed by atoms with Crippen molar-refractivity contribution in [1.82, 2.24) is 0 Å². The van der Waals surface area contributed by atoms with Gasteiger partial charge < -0.3 is 5.11 Å². The summed E-state index contributed by atoms with van der Waals surface area (Å²) in [5, 5.41) is 10.1. The van der Waals surface area contributed by atoms with Crippen molar-refractivity contribution in [1.29, 1.82) is 0 Å². The molecule has 1 unspecified atom stereocenters. The molecule has 100 valence electrons. The van der Waals surface area contributed by atoms with Crippen LogP contribution in [0.15, 0.2) is 36.4 Å². The van der Waals surface area contributed by atoms with Crippen molar-refractivity contribution < 1.29 is 13.9 Å². The molecule has 1 atom stereocenters. The monoisotopic (exact) mass is 282 g/mol. The lowest BCUT2D eigenvalue weighted by Gasteiger charge is -2.13. The van der Waals surface area contributed by atoms with E-state index in [0.29, 0.717) is 12.0 Å². The molecule has 0 spiro atoms. The van der Waals surface area contributed by atoms with Gasteiger partial charge in [0.1, 0.15) is 11.6 Å². The molecule has 0 aliphatic carbocycles. The van der Waals surface area contributed by atoms with Gasteiger partial charge in [-0.3, -0.25) is 0 Å². The summed E-state index contributed by atoms with van der Waals surface area (Å²) in [7, 11) is 0. The molecule has 2 aromatic rings. The van der Waals surface area contributed by atoms with Crippen LogP contribution in [0.4, 0.5) is 8.78 Å². The summed E-state index contributed by atoms with van der Waals surface area (Å²) in [6.45, 7) is 1.77. The summed E-state index contributed by atoms with van der Waals surface area (Å²) in [5.41, 5.74) is 2.03. The van der Waals surface area contributed by atoms with Gasteiger partial charge in [0, 0.05) is 6.42 Å². The molecule has 0 saturated heterocycles. The fraction of sp³-hybridized carbons (Fsp3) is 0.200. The van der Waals surface area contributed by atoms with Crippen molar-refractivity contribution in [3.63, 3.8) is 0 Å². The van der Waals surface area contributed by atoms with E-state index in [4.69, 9.17) is 11.6 Å². The summed E-state index contributed by atoms with van der Waals surface area (Å²) >= 11 is 5.59. The molecule has 0 aromatic heterocycles. The first-order valence-corrected chi connectivity index (χ1v) is 6.23. The number of aliphatic hydroxyl groups is 1. The Labute approximate surface area is 115 Å². The number of hydrogen-bond donors (Lipinski definition) is 1. The summed E-state index contributed by atoms with van der Waals surface area (Å²) in [4.78, 5) is 0.